The number of likely N-dealkylation sites (N-methyl/N-ethyl adjacent to an activating group) is 1. The molecule has 2 N–H and O–H groups in total. The van der Waals surface area contributed by atoms with Gasteiger partial charge in [0.1, 0.15) is 6.04 Å². The molecule has 2 atom stereocenters. The van der Waals surface area contributed by atoms with Gasteiger partial charge in [0.25, 0.3) is 0 Å². The molecule has 0 aliphatic carbocycles. The van der Waals surface area contributed by atoms with Crippen molar-refractivity contribution in [2.75, 3.05) is 7.05 Å². The number of hydrogen-bond donors (Lipinski definition) is 2. The maximum Gasteiger partial charge on any atom is 0.348 e. The predicted octanol–water partition coefficient (Wildman–Crippen LogP) is 0.430. The number of aryl methyl sites for hydroxylation is 1. The van der Waals surface area contributed by atoms with Crippen LogP contribution in [0.4, 0.5) is 0 Å². The Morgan fingerprint density at radius 1 is 1.33 bits per heavy atom. The second kappa shape index (κ2) is 6.51. The normalized spacial score (nSPS) is 13.6. The Morgan fingerprint density at radius 2 is 1.90 bits per heavy atom. The van der Waals surface area contributed by atoms with Gasteiger partial charge in [-0.25, -0.2) is 4.79 Å². The van der Waals surface area contributed by atoms with E-state index in [0.717, 1.165) is 0 Å². The number of aliphatic carboxylic acids is 1. The fourth-order valence-electron chi connectivity index (χ4n) is 2.29. The Hall–Kier alpha value is -2.18. The van der Waals surface area contributed by atoms with Gasteiger partial charge in [-0.05, 0) is 32.8 Å². The molecule has 1 amide bonds. The van der Waals surface area contributed by atoms with Crippen molar-refractivity contribution in [2.24, 2.45) is 5.92 Å². The standard InChI is InChI=1S/C14H21N3O4/c1-7(13(19)20)6-11-8(2)16-14(21)17(9(11)3)10(4)12(18)15-5/h7,10H,6H2,1-5H3,(H,15,18)(H,19,20). The van der Waals surface area contributed by atoms with Gasteiger partial charge in [-0.2, -0.15) is 4.98 Å². The first-order valence-corrected chi connectivity index (χ1v) is 6.73. The Bertz CT molecular complexity index is 621. The van der Waals surface area contributed by atoms with Crippen LogP contribution in [0.1, 0.15) is 36.8 Å². The molecule has 116 valence electrons. The molecule has 1 heterocycles. The third-order valence-electron chi connectivity index (χ3n) is 3.65. The van der Waals surface area contributed by atoms with Crippen LogP contribution in [0, 0.1) is 19.8 Å². The monoisotopic (exact) mass is 295 g/mol. The van der Waals surface area contributed by atoms with Gasteiger partial charge >= 0.3 is 11.7 Å². The summed E-state index contributed by atoms with van der Waals surface area (Å²) in [7, 11) is 1.49. The van der Waals surface area contributed by atoms with E-state index in [-0.39, 0.29) is 12.3 Å². The van der Waals surface area contributed by atoms with Crippen molar-refractivity contribution in [3.8, 4) is 0 Å². The van der Waals surface area contributed by atoms with E-state index in [1.807, 2.05) is 0 Å². The van der Waals surface area contributed by atoms with Gasteiger partial charge in [-0.15, -0.1) is 0 Å². The van der Waals surface area contributed by atoms with Crippen LogP contribution in [0.25, 0.3) is 0 Å². The van der Waals surface area contributed by atoms with Crippen molar-refractivity contribution in [2.45, 2.75) is 40.2 Å². The first-order chi connectivity index (χ1) is 9.70. The number of carboxylic acid groups (broad SMARTS) is 1. The lowest BCUT2D eigenvalue weighted by Crippen LogP contribution is -2.37. The van der Waals surface area contributed by atoms with Crippen LogP contribution in [-0.2, 0) is 16.0 Å². The van der Waals surface area contributed by atoms with E-state index in [2.05, 4.69) is 10.3 Å². The minimum atomic E-state index is -0.911. The molecule has 2 unspecified atom stereocenters. The number of aromatic nitrogens is 2. The fraction of sp³-hybridized carbons (Fsp3) is 0.571. The van der Waals surface area contributed by atoms with E-state index in [9.17, 15) is 14.4 Å². The van der Waals surface area contributed by atoms with E-state index < -0.39 is 23.6 Å². The van der Waals surface area contributed by atoms with Crippen LogP contribution in [0.15, 0.2) is 4.79 Å². The molecular weight excluding hydrogens is 274 g/mol. The number of hydrogen-bond acceptors (Lipinski definition) is 4. The van der Waals surface area contributed by atoms with E-state index in [0.29, 0.717) is 17.0 Å². The lowest BCUT2D eigenvalue weighted by atomic mass is 9.98. The van der Waals surface area contributed by atoms with E-state index >= 15 is 0 Å². The Balaban J connectivity index is 3.38. The van der Waals surface area contributed by atoms with Gasteiger partial charge in [0.15, 0.2) is 0 Å². The summed E-state index contributed by atoms with van der Waals surface area (Å²) in [5.74, 6) is -1.81. The van der Waals surface area contributed by atoms with Crippen molar-refractivity contribution >= 4 is 11.9 Å². The molecule has 7 heteroatoms. The maximum absolute atomic E-state index is 12.1. The second-order valence-corrected chi connectivity index (χ2v) is 5.15. The molecule has 0 spiro atoms. The number of nitrogens with one attached hydrogen (secondary N) is 1. The van der Waals surface area contributed by atoms with Gasteiger partial charge in [0.05, 0.1) is 5.92 Å². The van der Waals surface area contributed by atoms with E-state index in [1.54, 1.807) is 27.7 Å². The molecule has 21 heavy (non-hydrogen) atoms. The summed E-state index contributed by atoms with van der Waals surface area (Å²) < 4.78 is 1.30. The van der Waals surface area contributed by atoms with Crippen LogP contribution in [-0.4, -0.2) is 33.6 Å². The summed E-state index contributed by atoms with van der Waals surface area (Å²) in [6, 6.07) is -0.700. The highest BCUT2D eigenvalue weighted by Crippen LogP contribution is 2.18. The molecule has 0 saturated carbocycles. The molecule has 1 aromatic rings. The molecular formula is C14H21N3O4. The molecule has 0 aliphatic heterocycles. The highest BCUT2D eigenvalue weighted by molar-refractivity contribution is 5.79. The zero-order valence-electron chi connectivity index (χ0n) is 12.9. The number of amides is 1. The fourth-order valence-corrected chi connectivity index (χ4v) is 2.29. The first-order valence-electron chi connectivity index (χ1n) is 6.73. The van der Waals surface area contributed by atoms with Crippen molar-refractivity contribution in [1.82, 2.24) is 14.9 Å². The predicted molar refractivity (Wildman–Crippen MR) is 77.3 cm³/mol. The summed E-state index contributed by atoms with van der Waals surface area (Å²) in [4.78, 5) is 38.7. The molecule has 7 nitrogen and oxygen atoms in total. The summed E-state index contributed by atoms with van der Waals surface area (Å²) in [5.41, 5.74) is 1.27. The van der Waals surface area contributed by atoms with Crippen LogP contribution in [0.3, 0.4) is 0 Å². The van der Waals surface area contributed by atoms with Crippen LogP contribution < -0.4 is 11.0 Å². The lowest BCUT2D eigenvalue weighted by molar-refractivity contribution is -0.141. The van der Waals surface area contributed by atoms with E-state index in [1.165, 1.54) is 11.6 Å². The number of nitrogens with zero attached hydrogens (tertiary/aromatic N) is 2. The van der Waals surface area contributed by atoms with Gasteiger partial charge in [0.2, 0.25) is 5.91 Å². The number of carboxylic acids is 1. The van der Waals surface area contributed by atoms with Crippen LogP contribution in [0.2, 0.25) is 0 Å². The molecule has 1 rings (SSSR count). The molecule has 0 aliphatic rings. The van der Waals surface area contributed by atoms with Crippen LogP contribution >= 0.6 is 0 Å². The third-order valence-corrected chi connectivity index (χ3v) is 3.65. The minimum absolute atomic E-state index is 0.265. The van der Waals surface area contributed by atoms with E-state index in [4.69, 9.17) is 5.11 Å². The van der Waals surface area contributed by atoms with Gasteiger partial charge in [-0.1, -0.05) is 6.92 Å². The van der Waals surface area contributed by atoms with Crippen molar-refractivity contribution in [1.29, 1.82) is 0 Å². The lowest BCUT2D eigenvalue weighted by Gasteiger charge is -2.20. The third kappa shape index (κ3) is 3.48. The maximum atomic E-state index is 12.1. The van der Waals surface area contributed by atoms with Crippen molar-refractivity contribution < 1.29 is 14.7 Å². The number of rotatable bonds is 5. The van der Waals surface area contributed by atoms with Crippen molar-refractivity contribution in [3.63, 3.8) is 0 Å². The average molecular weight is 295 g/mol. The molecule has 0 fully saturated rings. The SMILES string of the molecule is CNC(=O)C(C)n1c(C)c(CC(C)C(=O)O)c(C)nc1=O. The summed E-state index contributed by atoms with van der Waals surface area (Å²) in [5, 5.41) is 11.5. The van der Waals surface area contributed by atoms with Crippen LogP contribution in [0.5, 0.6) is 0 Å². The molecule has 1 aromatic heterocycles. The average Bonchev–Trinajstić information content (AvgIpc) is 2.41. The highest BCUT2D eigenvalue weighted by atomic mass is 16.4. The molecule has 0 bridgehead atoms. The molecule has 0 radical (unpaired) electrons. The summed E-state index contributed by atoms with van der Waals surface area (Å²) in [6.45, 7) is 6.58. The second-order valence-electron chi connectivity index (χ2n) is 5.15. The Labute approximate surface area is 123 Å². The molecule has 0 saturated heterocycles. The van der Waals surface area contributed by atoms with Gasteiger partial charge in [0, 0.05) is 18.4 Å². The topological polar surface area (TPSA) is 101 Å². The Morgan fingerprint density at radius 3 is 2.38 bits per heavy atom. The van der Waals surface area contributed by atoms with Crippen molar-refractivity contribution in [3.05, 3.63) is 27.4 Å². The van der Waals surface area contributed by atoms with Gasteiger partial charge < -0.3 is 10.4 Å². The number of carbonyl (C=O) groups is 2. The Kier molecular flexibility index (Phi) is 5.23. The minimum Gasteiger partial charge on any atom is -0.481 e. The first kappa shape index (κ1) is 16.9. The molecule has 0 aromatic carbocycles. The zero-order valence-corrected chi connectivity index (χ0v) is 12.9. The van der Waals surface area contributed by atoms with Gasteiger partial charge in [-0.3, -0.25) is 14.2 Å². The number of carbonyl (C=O) groups excluding carboxylic acids is 1. The zero-order chi connectivity index (χ0) is 16.3. The quantitative estimate of drug-likeness (QED) is 0.820. The smallest absolute Gasteiger partial charge is 0.348 e. The summed E-state index contributed by atoms with van der Waals surface area (Å²) >= 11 is 0. The summed E-state index contributed by atoms with van der Waals surface area (Å²) in [6.07, 6.45) is 0.265. The highest BCUT2D eigenvalue weighted by Gasteiger charge is 2.22. The largest absolute Gasteiger partial charge is 0.481 e.